The van der Waals surface area contributed by atoms with Crippen LogP contribution in [0.3, 0.4) is 0 Å². The van der Waals surface area contributed by atoms with Crippen LogP contribution in [-0.2, 0) is 11.2 Å². The molecule has 0 saturated carbocycles. The van der Waals surface area contributed by atoms with Gasteiger partial charge in [0.1, 0.15) is 0 Å². The second kappa shape index (κ2) is 7.58. The van der Waals surface area contributed by atoms with E-state index in [9.17, 15) is 4.79 Å². The zero-order chi connectivity index (χ0) is 13.4. The van der Waals surface area contributed by atoms with Crippen LogP contribution >= 0.6 is 0 Å². The molecule has 0 saturated heterocycles. The second-order valence-corrected chi connectivity index (χ2v) is 3.88. The Bertz CT molecular complexity index is 391. The lowest BCUT2D eigenvalue weighted by molar-refractivity contribution is -0.118. The molecule has 0 spiro atoms. The SMILES string of the molecule is CCOc1ccc(CCNC(C)=O)cc1OCC. The lowest BCUT2D eigenvalue weighted by Gasteiger charge is -2.12. The van der Waals surface area contributed by atoms with E-state index in [4.69, 9.17) is 9.47 Å². The largest absolute Gasteiger partial charge is 0.490 e. The van der Waals surface area contributed by atoms with Crippen LogP contribution in [0.5, 0.6) is 11.5 Å². The molecule has 1 rings (SSSR count). The van der Waals surface area contributed by atoms with E-state index in [1.165, 1.54) is 6.92 Å². The highest BCUT2D eigenvalue weighted by atomic mass is 16.5. The van der Waals surface area contributed by atoms with Crippen LogP contribution in [0.4, 0.5) is 0 Å². The number of hydrogen-bond acceptors (Lipinski definition) is 3. The van der Waals surface area contributed by atoms with Gasteiger partial charge < -0.3 is 14.8 Å². The number of carbonyl (C=O) groups is 1. The van der Waals surface area contributed by atoms with Crippen molar-refractivity contribution in [3.8, 4) is 11.5 Å². The van der Waals surface area contributed by atoms with E-state index >= 15 is 0 Å². The van der Waals surface area contributed by atoms with Crippen LogP contribution in [0.2, 0.25) is 0 Å². The molecular formula is C14H21NO3. The van der Waals surface area contributed by atoms with Crippen LogP contribution in [0.25, 0.3) is 0 Å². The first kappa shape index (κ1) is 14.4. The smallest absolute Gasteiger partial charge is 0.216 e. The molecule has 4 nitrogen and oxygen atoms in total. The molecule has 0 aliphatic rings. The van der Waals surface area contributed by atoms with Crippen molar-refractivity contribution in [3.05, 3.63) is 23.8 Å². The maximum Gasteiger partial charge on any atom is 0.216 e. The molecular weight excluding hydrogens is 230 g/mol. The third kappa shape index (κ3) is 4.65. The molecule has 1 amide bonds. The van der Waals surface area contributed by atoms with E-state index in [0.717, 1.165) is 23.5 Å². The highest BCUT2D eigenvalue weighted by Crippen LogP contribution is 2.28. The van der Waals surface area contributed by atoms with Crippen molar-refractivity contribution in [2.24, 2.45) is 0 Å². The summed E-state index contributed by atoms with van der Waals surface area (Å²) in [4.78, 5) is 10.8. The van der Waals surface area contributed by atoms with E-state index in [1.807, 2.05) is 32.0 Å². The Labute approximate surface area is 108 Å². The quantitative estimate of drug-likeness (QED) is 0.808. The Kier molecular flexibility index (Phi) is 6.05. The van der Waals surface area contributed by atoms with E-state index in [-0.39, 0.29) is 5.91 Å². The molecule has 0 atom stereocenters. The zero-order valence-electron chi connectivity index (χ0n) is 11.3. The van der Waals surface area contributed by atoms with Gasteiger partial charge in [0.25, 0.3) is 0 Å². The predicted octanol–water partition coefficient (Wildman–Crippen LogP) is 2.16. The fourth-order valence-corrected chi connectivity index (χ4v) is 1.63. The molecule has 0 heterocycles. The van der Waals surface area contributed by atoms with Gasteiger partial charge in [0, 0.05) is 13.5 Å². The average Bonchev–Trinajstić information content (AvgIpc) is 2.32. The summed E-state index contributed by atoms with van der Waals surface area (Å²) in [6.07, 6.45) is 0.784. The molecule has 0 aromatic heterocycles. The number of amides is 1. The summed E-state index contributed by atoms with van der Waals surface area (Å²) in [7, 11) is 0. The van der Waals surface area contributed by atoms with Crippen molar-refractivity contribution < 1.29 is 14.3 Å². The topological polar surface area (TPSA) is 47.6 Å². The van der Waals surface area contributed by atoms with Crippen molar-refractivity contribution in [1.29, 1.82) is 0 Å². The Hall–Kier alpha value is -1.71. The minimum absolute atomic E-state index is 0.00836. The van der Waals surface area contributed by atoms with Gasteiger partial charge in [-0.1, -0.05) is 6.07 Å². The number of hydrogen-bond donors (Lipinski definition) is 1. The van der Waals surface area contributed by atoms with Crippen molar-refractivity contribution in [3.63, 3.8) is 0 Å². The first-order valence-corrected chi connectivity index (χ1v) is 6.30. The van der Waals surface area contributed by atoms with Crippen LogP contribution in [-0.4, -0.2) is 25.7 Å². The average molecular weight is 251 g/mol. The van der Waals surface area contributed by atoms with Gasteiger partial charge in [-0.15, -0.1) is 0 Å². The summed E-state index contributed by atoms with van der Waals surface area (Å²) in [5.74, 6) is 1.52. The van der Waals surface area contributed by atoms with Gasteiger partial charge >= 0.3 is 0 Å². The Morgan fingerprint density at radius 3 is 2.44 bits per heavy atom. The highest BCUT2D eigenvalue weighted by molar-refractivity contribution is 5.72. The molecule has 1 N–H and O–H groups in total. The summed E-state index contributed by atoms with van der Waals surface area (Å²) in [5.41, 5.74) is 1.12. The molecule has 1 aromatic carbocycles. The van der Waals surface area contributed by atoms with Gasteiger partial charge in [0.05, 0.1) is 13.2 Å². The van der Waals surface area contributed by atoms with E-state index in [2.05, 4.69) is 5.32 Å². The molecule has 0 unspecified atom stereocenters. The standard InChI is InChI=1S/C14H21NO3/c1-4-17-13-7-6-12(8-9-15-11(3)16)10-14(13)18-5-2/h6-7,10H,4-5,8-9H2,1-3H3,(H,15,16). The number of nitrogens with one attached hydrogen (secondary N) is 1. The van der Waals surface area contributed by atoms with Crippen LogP contribution in [0, 0.1) is 0 Å². The monoisotopic (exact) mass is 251 g/mol. The van der Waals surface area contributed by atoms with Crippen molar-refractivity contribution in [2.75, 3.05) is 19.8 Å². The minimum atomic E-state index is -0.00836. The molecule has 18 heavy (non-hydrogen) atoms. The minimum Gasteiger partial charge on any atom is -0.490 e. The summed E-state index contributed by atoms with van der Waals surface area (Å²) in [6.45, 7) is 7.26. The second-order valence-electron chi connectivity index (χ2n) is 3.88. The normalized spacial score (nSPS) is 9.94. The maximum atomic E-state index is 10.8. The van der Waals surface area contributed by atoms with Gasteiger partial charge in [0.2, 0.25) is 5.91 Å². The molecule has 0 radical (unpaired) electrons. The summed E-state index contributed by atoms with van der Waals surface area (Å²) in [5, 5.41) is 2.77. The Balaban J connectivity index is 2.69. The predicted molar refractivity (Wildman–Crippen MR) is 71.2 cm³/mol. The number of benzene rings is 1. The highest BCUT2D eigenvalue weighted by Gasteiger charge is 2.06. The van der Waals surface area contributed by atoms with E-state index in [0.29, 0.717) is 19.8 Å². The van der Waals surface area contributed by atoms with Crippen molar-refractivity contribution >= 4 is 5.91 Å². The summed E-state index contributed by atoms with van der Waals surface area (Å²) < 4.78 is 11.0. The molecule has 0 bridgehead atoms. The van der Waals surface area contributed by atoms with Crippen molar-refractivity contribution in [1.82, 2.24) is 5.32 Å². The van der Waals surface area contributed by atoms with Crippen LogP contribution in [0.15, 0.2) is 18.2 Å². The molecule has 0 aliphatic heterocycles. The van der Waals surface area contributed by atoms with Gasteiger partial charge in [-0.2, -0.15) is 0 Å². The first-order chi connectivity index (χ1) is 8.67. The van der Waals surface area contributed by atoms with Gasteiger partial charge in [-0.3, -0.25) is 4.79 Å². The number of rotatable bonds is 7. The summed E-state index contributed by atoms with van der Waals surface area (Å²) in [6, 6.07) is 5.88. The van der Waals surface area contributed by atoms with Gasteiger partial charge in [-0.05, 0) is 38.0 Å². The van der Waals surface area contributed by atoms with E-state index < -0.39 is 0 Å². The maximum absolute atomic E-state index is 10.8. The fraction of sp³-hybridized carbons (Fsp3) is 0.500. The fourth-order valence-electron chi connectivity index (χ4n) is 1.63. The molecule has 100 valence electrons. The van der Waals surface area contributed by atoms with Gasteiger partial charge in [-0.25, -0.2) is 0 Å². The third-order valence-corrected chi connectivity index (χ3v) is 2.40. The lowest BCUT2D eigenvalue weighted by Crippen LogP contribution is -2.22. The lowest BCUT2D eigenvalue weighted by atomic mass is 10.1. The number of ether oxygens (including phenoxy) is 2. The Morgan fingerprint density at radius 2 is 1.83 bits per heavy atom. The van der Waals surface area contributed by atoms with Crippen LogP contribution < -0.4 is 14.8 Å². The number of carbonyl (C=O) groups excluding carboxylic acids is 1. The van der Waals surface area contributed by atoms with Gasteiger partial charge in [0.15, 0.2) is 11.5 Å². The molecule has 1 aromatic rings. The van der Waals surface area contributed by atoms with Crippen molar-refractivity contribution in [2.45, 2.75) is 27.2 Å². The summed E-state index contributed by atoms with van der Waals surface area (Å²) >= 11 is 0. The van der Waals surface area contributed by atoms with E-state index in [1.54, 1.807) is 0 Å². The zero-order valence-corrected chi connectivity index (χ0v) is 11.3. The molecule has 0 aliphatic carbocycles. The third-order valence-electron chi connectivity index (χ3n) is 2.40. The first-order valence-electron chi connectivity index (χ1n) is 6.30. The molecule has 0 fully saturated rings. The Morgan fingerprint density at radius 1 is 1.17 bits per heavy atom. The van der Waals surface area contributed by atoms with Crippen LogP contribution in [0.1, 0.15) is 26.3 Å². The molecule has 4 heteroatoms.